The van der Waals surface area contributed by atoms with Gasteiger partial charge in [-0.2, -0.15) is 0 Å². The summed E-state index contributed by atoms with van der Waals surface area (Å²) in [4.78, 5) is 40.3. The van der Waals surface area contributed by atoms with E-state index in [1.165, 1.54) is 17.9 Å². The van der Waals surface area contributed by atoms with Crippen molar-refractivity contribution in [2.75, 3.05) is 63.3 Å². The average molecular weight is 453 g/mol. The molecule has 9 nitrogen and oxygen atoms in total. The summed E-state index contributed by atoms with van der Waals surface area (Å²) in [5.41, 5.74) is 3.02. The highest BCUT2D eigenvalue weighted by Gasteiger charge is 2.28. The molecule has 1 fully saturated rings. The molecule has 0 spiro atoms. The number of hydrogen-bond acceptors (Lipinski definition) is 7. The van der Waals surface area contributed by atoms with Crippen molar-refractivity contribution in [1.29, 1.82) is 0 Å². The van der Waals surface area contributed by atoms with Gasteiger partial charge in [0.15, 0.2) is 5.82 Å². The van der Waals surface area contributed by atoms with E-state index < -0.39 is 0 Å². The number of ether oxygens (including phenoxy) is 1. The summed E-state index contributed by atoms with van der Waals surface area (Å²) in [5, 5.41) is 0. The lowest BCUT2D eigenvalue weighted by atomic mass is 10.1. The Morgan fingerprint density at radius 3 is 2.61 bits per heavy atom. The fourth-order valence-electron chi connectivity index (χ4n) is 4.50. The highest BCUT2D eigenvalue weighted by Crippen LogP contribution is 2.36. The number of likely N-dealkylation sites (tertiary alicyclic amines) is 1. The van der Waals surface area contributed by atoms with Crippen molar-refractivity contribution in [2.24, 2.45) is 4.99 Å². The zero-order chi connectivity index (χ0) is 23.4. The van der Waals surface area contributed by atoms with Gasteiger partial charge < -0.3 is 19.4 Å². The summed E-state index contributed by atoms with van der Waals surface area (Å²) >= 11 is 0. The number of aromatic nitrogens is 2. The van der Waals surface area contributed by atoms with E-state index in [-0.39, 0.29) is 11.8 Å². The van der Waals surface area contributed by atoms with Crippen LogP contribution in [-0.2, 0) is 4.74 Å². The molecule has 0 aliphatic carbocycles. The second-order valence-electron chi connectivity index (χ2n) is 8.41. The second-order valence-corrected chi connectivity index (χ2v) is 8.41. The molecule has 9 heteroatoms. The normalized spacial score (nSPS) is 16.7. The predicted molar refractivity (Wildman–Crippen MR) is 127 cm³/mol. The Kier molecular flexibility index (Phi) is 7.08. The molecule has 33 heavy (non-hydrogen) atoms. The van der Waals surface area contributed by atoms with Crippen molar-refractivity contribution in [3.8, 4) is 0 Å². The second kappa shape index (κ2) is 10.2. The molecule has 2 aromatic rings. The maximum absolute atomic E-state index is 13.1. The van der Waals surface area contributed by atoms with Crippen LogP contribution in [-0.4, -0.2) is 79.8 Å². The fourth-order valence-corrected chi connectivity index (χ4v) is 4.50. The molecule has 2 aromatic heterocycles. The Morgan fingerprint density at radius 1 is 1.12 bits per heavy atom. The van der Waals surface area contributed by atoms with E-state index >= 15 is 0 Å². The zero-order valence-electron chi connectivity index (χ0n) is 19.7. The van der Waals surface area contributed by atoms with Gasteiger partial charge in [-0.25, -0.2) is 4.98 Å². The summed E-state index contributed by atoms with van der Waals surface area (Å²) in [6.07, 6.45) is 6.71. The van der Waals surface area contributed by atoms with Gasteiger partial charge in [0.2, 0.25) is 5.91 Å². The van der Waals surface area contributed by atoms with Crippen molar-refractivity contribution in [2.45, 2.75) is 26.2 Å². The molecule has 1 saturated heterocycles. The Balaban J connectivity index is 1.72. The molecule has 0 aromatic carbocycles. The SMILES string of the molecule is CN=c1cc(N2CCN(CCOC)c3cc(C(=O)N4CCCCC4)cnc32)ccn1C(C)=O. The van der Waals surface area contributed by atoms with E-state index in [9.17, 15) is 9.59 Å². The quantitative estimate of drug-likeness (QED) is 0.692. The molecule has 176 valence electrons. The van der Waals surface area contributed by atoms with Crippen LogP contribution in [0.25, 0.3) is 0 Å². The third-order valence-corrected chi connectivity index (χ3v) is 6.29. The maximum atomic E-state index is 13.1. The first-order valence-electron chi connectivity index (χ1n) is 11.5. The van der Waals surface area contributed by atoms with Crippen LogP contribution in [0.3, 0.4) is 0 Å². The molecule has 4 heterocycles. The standard InChI is InChI=1S/C24H32N6O3/c1-18(31)29-10-7-20(16-22(29)25-2)30-12-11-27(13-14-33-3)21-15-19(17-26-23(21)30)24(32)28-8-5-4-6-9-28/h7,10,15-17H,4-6,8-9,11-14H2,1-3H3. The Labute approximate surface area is 194 Å². The highest BCUT2D eigenvalue weighted by molar-refractivity contribution is 5.96. The van der Waals surface area contributed by atoms with Crippen molar-refractivity contribution in [1.82, 2.24) is 14.5 Å². The predicted octanol–water partition coefficient (Wildman–Crippen LogP) is 2.30. The van der Waals surface area contributed by atoms with Gasteiger partial charge in [0.1, 0.15) is 5.49 Å². The summed E-state index contributed by atoms with van der Waals surface area (Å²) in [6.45, 7) is 5.91. The van der Waals surface area contributed by atoms with Gasteiger partial charge in [0.05, 0.1) is 17.9 Å². The molecule has 0 radical (unpaired) electrons. The average Bonchev–Trinajstić information content (AvgIpc) is 2.86. The van der Waals surface area contributed by atoms with Crippen LogP contribution in [0.5, 0.6) is 0 Å². The number of hydrogen-bond donors (Lipinski definition) is 0. The maximum Gasteiger partial charge on any atom is 0.255 e. The van der Waals surface area contributed by atoms with Crippen molar-refractivity contribution in [3.63, 3.8) is 0 Å². The number of anilines is 3. The number of methoxy groups -OCH3 is 1. The first kappa shape index (κ1) is 23.0. The molecular weight excluding hydrogens is 420 g/mol. The Hall–Kier alpha value is -3.20. The minimum Gasteiger partial charge on any atom is -0.383 e. The Morgan fingerprint density at radius 2 is 1.91 bits per heavy atom. The molecular formula is C24H32N6O3. The number of carbonyl (C=O) groups is 2. The third-order valence-electron chi connectivity index (χ3n) is 6.29. The number of fused-ring (bicyclic) bond motifs is 1. The lowest BCUT2D eigenvalue weighted by Gasteiger charge is -2.38. The van der Waals surface area contributed by atoms with Crippen LogP contribution in [0.1, 0.15) is 41.3 Å². The zero-order valence-corrected chi connectivity index (χ0v) is 19.7. The van der Waals surface area contributed by atoms with E-state index in [1.54, 1.807) is 26.6 Å². The number of piperidine rings is 1. The first-order chi connectivity index (χ1) is 16.0. The van der Waals surface area contributed by atoms with Crippen LogP contribution in [0.15, 0.2) is 35.6 Å². The van der Waals surface area contributed by atoms with E-state index in [1.807, 2.05) is 23.1 Å². The van der Waals surface area contributed by atoms with Crippen LogP contribution in [0.4, 0.5) is 17.2 Å². The molecule has 0 atom stereocenters. The summed E-state index contributed by atoms with van der Waals surface area (Å²) in [7, 11) is 3.36. The molecule has 0 saturated carbocycles. The van der Waals surface area contributed by atoms with Gasteiger partial charge in [-0.15, -0.1) is 0 Å². The van der Waals surface area contributed by atoms with Gasteiger partial charge in [-0.1, -0.05) is 0 Å². The van der Waals surface area contributed by atoms with Crippen molar-refractivity contribution >= 4 is 29.0 Å². The summed E-state index contributed by atoms with van der Waals surface area (Å²) in [6, 6.07) is 5.76. The molecule has 1 amide bonds. The monoisotopic (exact) mass is 452 g/mol. The third kappa shape index (κ3) is 4.78. The number of pyridine rings is 2. The van der Waals surface area contributed by atoms with E-state index in [0.717, 1.165) is 62.8 Å². The number of amides is 1. The minimum absolute atomic E-state index is 0.0445. The summed E-state index contributed by atoms with van der Waals surface area (Å²) < 4.78 is 6.83. The topological polar surface area (TPSA) is 83.3 Å². The number of carbonyl (C=O) groups excluding carboxylic acids is 2. The first-order valence-corrected chi connectivity index (χ1v) is 11.5. The lowest BCUT2D eigenvalue weighted by Crippen LogP contribution is -2.42. The van der Waals surface area contributed by atoms with E-state index in [2.05, 4.69) is 14.8 Å². The summed E-state index contributed by atoms with van der Waals surface area (Å²) in [5.74, 6) is 0.740. The molecule has 0 N–H and O–H groups in total. The van der Waals surface area contributed by atoms with E-state index in [0.29, 0.717) is 17.7 Å². The molecule has 2 aliphatic rings. The van der Waals surface area contributed by atoms with E-state index in [4.69, 9.17) is 9.72 Å². The van der Waals surface area contributed by atoms with Crippen molar-refractivity contribution < 1.29 is 14.3 Å². The van der Waals surface area contributed by atoms with Gasteiger partial charge in [0, 0.05) is 78.0 Å². The minimum atomic E-state index is -0.0917. The number of nitrogens with zero attached hydrogens (tertiary/aromatic N) is 6. The lowest BCUT2D eigenvalue weighted by molar-refractivity contribution is 0.0723. The largest absolute Gasteiger partial charge is 0.383 e. The number of rotatable bonds is 5. The Bertz CT molecular complexity index is 1090. The van der Waals surface area contributed by atoms with Gasteiger partial charge >= 0.3 is 0 Å². The van der Waals surface area contributed by atoms with Crippen LogP contribution >= 0.6 is 0 Å². The van der Waals surface area contributed by atoms with Gasteiger partial charge in [-0.05, 0) is 31.4 Å². The molecule has 4 rings (SSSR count). The fraction of sp³-hybridized carbons (Fsp3) is 0.500. The van der Waals surface area contributed by atoms with Crippen LogP contribution < -0.4 is 15.3 Å². The molecule has 2 aliphatic heterocycles. The highest BCUT2D eigenvalue weighted by atomic mass is 16.5. The smallest absolute Gasteiger partial charge is 0.255 e. The van der Waals surface area contributed by atoms with Gasteiger partial charge in [-0.3, -0.25) is 19.1 Å². The van der Waals surface area contributed by atoms with Crippen molar-refractivity contribution in [3.05, 3.63) is 41.6 Å². The van der Waals surface area contributed by atoms with Crippen LogP contribution in [0.2, 0.25) is 0 Å². The molecule has 0 bridgehead atoms. The van der Waals surface area contributed by atoms with Gasteiger partial charge in [0.25, 0.3) is 5.91 Å². The molecule has 0 unspecified atom stereocenters. The van der Waals surface area contributed by atoms with Crippen LogP contribution in [0, 0.1) is 0 Å².